The molecule has 5 atom stereocenters. The largest absolute Gasteiger partial charge is 0.315 e. The summed E-state index contributed by atoms with van der Waals surface area (Å²) in [7, 11) is 4.50. The van der Waals surface area contributed by atoms with Gasteiger partial charge in [-0.25, -0.2) is 0 Å². The van der Waals surface area contributed by atoms with Gasteiger partial charge >= 0.3 is 0 Å². The Morgan fingerprint density at radius 1 is 1.03 bits per heavy atom. The molecule has 0 saturated carbocycles. The van der Waals surface area contributed by atoms with E-state index in [1.807, 2.05) is 0 Å². The van der Waals surface area contributed by atoms with E-state index in [1.54, 1.807) is 0 Å². The number of hydrogen-bond donors (Lipinski definition) is 2. The predicted octanol–water partition coefficient (Wildman–Crippen LogP) is 8.70. The minimum absolute atomic E-state index is 0.0481. The number of rotatable bonds is 8. The topological polar surface area (TPSA) is 15.3 Å². The van der Waals surface area contributed by atoms with Crippen LogP contribution in [0.4, 0.5) is 0 Å². The van der Waals surface area contributed by atoms with E-state index in [-0.39, 0.29) is 32.2 Å². The fourth-order valence-electron chi connectivity index (χ4n) is 8.74. The van der Waals surface area contributed by atoms with Gasteiger partial charge in [-0.1, -0.05) is 68.7 Å². The van der Waals surface area contributed by atoms with E-state index in [2.05, 4.69) is 121 Å². The first-order valence-corrected chi connectivity index (χ1v) is 14.6. The van der Waals surface area contributed by atoms with Gasteiger partial charge in [0.15, 0.2) is 0 Å². The summed E-state index contributed by atoms with van der Waals surface area (Å²) >= 11 is 5.62. The van der Waals surface area contributed by atoms with Gasteiger partial charge in [-0.3, -0.25) is 4.90 Å². The molecule has 1 saturated heterocycles. The highest BCUT2D eigenvalue weighted by atomic mass is 32.1. The third kappa shape index (κ3) is 6.77. The molecule has 5 unspecified atom stereocenters. The summed E-state index contributed by atoms with van der Waals surface area (Å²) in [5.41, 5.74) is 0.712. The monoisotopic (exact) mass is 496 g/mol. The maximum atomic E-state index is 5.62. The molecule has 0 aliphatic carbocycles. The van der Waals surface area contributed by atoms with Crippen LogP contribution in [-0.4, -0.2) is 40.4 Å². The van der Waals surface area contributed by atoms with Crippen LogP contribution in [-0.2, 0) is 0 Å². The second kappa shape index (κ2) is 10.6. The molecule has 1 fully saturated rings. The molecule has 0 radical (unpaired) electrons. The van der Waals surface area contributed by atoms with E-state index in [0.29, 0.717) is 23.7 Å². The van der Waals surface area contributed by atoms with Gasteiger partial charge in [0.2, 0.25) is 0 Å². The van der Waals surface area contributed by atoms with Gasteiger partial charge in [0, 0.05) is 21.4 Å². The first-order chi connectivity index (χ1) is 15.0. The Bertz CT molecular complexity index is 660. The van der Waals surface area contributed by atoms with Gasteiger partial charge in [0.05, 0.1) is 0 Å². The van der Waals surface area contributed by atoms with Crippen LogP contribution in [0.2, 0.25) is 0 Å². The lowest BCUT2D eigenvalue weighted by molar-refractivity contribution is -0.0331. The van der Waals surface area contributed by atoms with Crippen LogP contribution >= 0.6 is 12.6 Å². The molecule has 34 heavy (non-hydrogen) atoms. The lowest BCUT2D eigenvalue weighted by atomic mass is 9.51. The molecule has 1 rings (SSSR count). The summed E-state index contributed by atoms with van der Waals surface area (Å²) in [6.45, 7) is 34.7. The van der Waals surface area contributed by atoms with E-state index in [0.717, 1.165) is 6.42 Å². The van der Waals surface area contributed by atoms with Gasteiger partial charge in [0.25, 0.3) is 0 Å². The van der Waals surface area contributed by atoms with E-state index < -0.39 is 0 Å². The Morgan fingerprint density at radius 3 is 1.94 bits per heavy atom. The van der Waals surface area contributed by atoms with Crippen molar-refractivity contribution in [3.8, 4) is 0 Å². The minimum Gasteiger partial charge on any atom is -0.315 e. The van der Waals surface area contributed by atoms with Crippen LogP contribution in [0.1, 0.15) is 129 Å². The fourth-order valence-corrected chi connectivity index (χ4v) is 9.65. The van der Waals surface area contributed by atoms with Crippen LogP contribution < -0.4 is 5.32 Å². The average molecular weight is 497 g/mol. The Balaban J connectivity index is 3.94. The highest BCUT2D eigenvalue weighted by molar-refractivity contribution is 7.81. The maximum Gasteiger partial charge on any atom is 0.0209 e. The second-order valence-corrected chi connectivity index (χ2v) is 16.7. The van der Waals surface area contributed by atoms with Crippen LogP contribution in [0.25, 0.3) is 0 Å². The molecule has 1 aliphatic rings. The van der Waals surface area contributed by atoms with Crippen molar-refractivity contribution in [1.82, 2.24) is 10.2 Å². The summed E-state index contributed by atoms with van der Waals surface area (Å²) in [4.78, 5) is 2.75. The number of nitrogens with zero attached hydrogens (tertiary/aromatic N) is 1. The van der Waals surface area contributed by atoms with Crippen LogP contribution in [0, 0.1) is 34.5 Å². The zero-order chi connectivity index (χ0) is 27.1. The van der Waals surface area contributed by atoms with Crippen LogP contribution in [0.3, 0.4) is 0 Å². The summed E-state index contributed by atoms with van der Waals surface area (Å²) < 4.78 is -0.0901. The molecule has 204 valence electrons. The van der Waals surface area contributed by atoms with Crippen molar-refractivity contribution in [2.45, 2.75) is 150 Å². The molecule has 2 nitrogen and oxygen atoms in total. The summed E-state index contributed by atoms with van der Waals surface area (Å²) in [5.74, 6) is 2.30. The highest BCUT2D eigenvalue weighted by Crippen LogP contribution is 2.60. The predicted molar refractivity (Wildman–Crippen MR) is 158 cm³/mol. The molecule has 0 amide bonds. The van der Waals surface area contributed by atoms with Crippen LogP contribution in [0.5, 0.6) is 0 Å². The van der Waals surface area contributed by atoms with E-state index in [1.165, 1.54) is 25.7 Å². The van der Waals surface area contributed by atoms with Crippen molar-refractivity contribution in [3.63, 3.8) is 0 Å². The fraction of sp³-hybridized carbons (Fsp3) is 1.00. The molecule has 3 heteroatoms. The molecular weight excluding hydrogens is 432 g/mol. The van der Waals surface area contributed by atoms with Crippen molar-refractivity contribution < 1.29 is 0 Å². The Kier molecular flexibility index (Phi) is 10.0. The van der Waals surface area contributed by atoms with Crippen molar-refractivity contribution in [3.05, 3.63) is 0 Å². The van der Waals surface area contributed by atoms with Crippen molar-refractivity contribution in [2.75, 3.05) is 14.1 Å². The molecule has 1 heterocycles. The zero-order valence-corrected chi connectivity index (χ0v) is 27.1. The maximum absolute atomic E-state index is 5.62. The third-order valence-electron chi connectivity index (χ3n) is 10.3. The summed E-state index contributed by atoms with van der Waals surface area (Å²) in [5, 5.41) is 3.59. The highest BCUT2D eigenvalue weighted by Gasteiger charge is 2.57. The van der Waals surface area contributed by atoms with E-state index in [4.69, 9.17) is 12.6 Å². The Morgan fingerprint density at radius 2 is 1.53 bits per heavy atom. The van der Waals surface area contributed by atoms with E-state index >= 15 is 0 Å². The van der Waals surface area contributed by atoms with Gasteiger partial charge in [-0.15, -0.1) is 0 Å². The molecule has 0 aromatic carbocycles. The molecule has 1 aliphatic heterocycles. The Hall–Kier alpha value is 0.270. The SMILES string of the molecule is CCCC(C)(C)C1C(C)CC(C)(C(C)C)N(C)C(C)(C)CC(C)(C)C1C(C)(S)CC(C)(C)NC. The van der Waals surface area contributed by atoms with Crippen molar-refractivity contribution in [1.29, 1.82) is 0 Å². The van der Waals surface area contributed by atoms with Crippen molar-refractivity contribution in [2.24, 2.45) is 34.5 Å². The first kappa shape index (κ1) is 32.3. The lowest BCUT2D eigenvalue weighted by Gasteiger charge is -2.57. The summed E-state index contributed by atoms with van der Waals surface area (Å²) in [6, 6.07) is 0. The first-order valence-electron chi connectivity index (χ1n) is 14.2. The normalized spacial score (nSPS) is 33.2. The minimum atomic E-state index is -0.0901. The van der Waals surface area contributed by atoms with Gasteiger partial charge in [-0.05, 0) is 109 Å². The molecule has 0 bridgehead atoms. The molecule has 0 spiro atoms. The Labute approximate surface area is 221 Å². The third-order valence-corrected chi connectivity index (χ3v) is 10.7. The average Bonchev–Trinajstić information content (AvgIpc) is 2.63. The standard InChI is InChI=1S/C31H64N2S/c1-17-18-26(5,6)24-23(4)19-30(13,22(2)3)33(16)29(11,12)20-27(7,8)25(24)31(14,34)21-28(9,10)32-15/h22-25,32,34H,17-21H2,1-16H3. The number of hydrogen-bond acceptors (Lipinski definition) is 3. The van der Waals surface area contributed by atoms with Gasteiger partial charge in [-0.2, -0.15) is 12.6 Å². The molecule has 0 aromatic rings. The van der Waals surface area contributed by atoms with Crippen LogP contribution in [0.15, 0.2) is 0 Å². The second-order valence-electron chi connectivity index (χ2n) is 15.6. The van der Waals surface area contributed by atoms with Crippen molar-refractivity contribution >= 4 is 12.6 Å². The lowest BCUT2D eigenvalue weighted by Crippen LogP contribution is -2.58. The number of thiol groups is 1. The number of nitrogens with one attached hydrogen (secondary N) is 1. The summed E-state index contributed by atoms with van der Waals surface area (Å²) in [6.07, 6.45) is 5.96. The molecular formula is C31H64N2S. The molecule has 1 N–H and O–H groups in total. The molecule has 0 aromatic heterocycles. The smallest absolute Gasteiger partial charge is 0.0209 e. The zero-order valence-electron chi connectivity index (χ0n) is 26.2. The van der Waals surface area contributed by atoms with Gasteiger partial charge < -0.3 is 5.32 Å². The quantitative estimate of drug-likeness (QED) is 0.327. The van der Waals surface area contributed by atoms with E-state index in [9.17, 15) is 0 Å². The van der Waals surface area contributed by atoms with Gasteiger partial charge in [0.1, 0.15) is 0 Å².